The van der Waals surface area contributed by atoms with Gasteiger partial charge in [-0.1, -0.05) is 48.5 Å². The number of Topliss-reactive ketones (excluding diaryl/α,β-unsaturated/α-hetero) is 1. The van der Waals surface area contributed by atoms with Crippen molar-refractivity contribution in [3.05, 3.63) is 90.6 Å². The van der Waals surface area contributed by atoms with Gasteiger partial charge in [0.05, 0.1) is 0 Å². The quantitative estimate of drug-likeness (QED) is 0.526. The molecule has 3 rings (SSSR count). The number of pyridine rings is 1. The van der Waals surface area contributed by atoms with Gasteiger partial charge in [-0.3, -0.25) is 4.79 Å². The number of aromatic nitrogens is 1. The van der Waals surface area contributed by atoms with Crippen molar-refractivity contribution in [2.75, 3.05) is 0 Å². The van der Waals surface area contributed by atoms with Crippen LogP contribution < -0.4 is 4.57 Å². The average Bonchev–Trinajstić information content (AvgIpc) is 2.57. The molecule has 1 heterocycles. The van der Waals surface area contributed by atoms with Crippen molar-refractivity contribution in [1.29, 1.82) is 0 Å². The van der Waals surface area contributed by atoms with Gasteiger partial charge in [0.25, 0.3) is 0 Å². The van der Waals surface area contributed by atoms with E-state index in [-0.39, 0.29) is 5.78 Å². The Morgan fingerprint density at radius 2 is 1.38 bits per heavy atom. The highest BCUT2D eigenvalue weighted by molar-refractivity contribution is 5.95. The van der Waals surface area contributed by atoms with Gasteiger partial charge in [-0.25, -0.2) is 0 Å². The molecule has 102 valence electrons. The zero-order valence-corrected chi connectivity index (χ0v) is 11.6. The van der Waals surface area contributed by atoms with E-state index in [1.54, 1.807) is 0 Å². The van der Waals surface area contributed by atoms with Gasteiger partial charge in [-0.15, -0.1) is 0 Å². The van der Waals surface area contributed by atoms with Crippen molar-refractivity contribution in [2.24, 2.45) is 0 Å². The van der Waals surface area contributed by atoms with Gasteiger partial charge in [0.15, 0.2) is 6.20 Å². The largest absolute Gasteiger partial charge is 0.287 e. The van der Waals surface area contributed by atoms with Crippen molar-refractivity contribution >= 4 is 5.78 Å². The van der Waals surface area contributed by atoms with Gasteiger partial charge in [-0.2, -0.15) is 4.57 Å². The molecule has 0 saturated carbocycles. The van der Waals surface area contributed by atoms with Crippen LogP contribution in [-0.2, 0) is 6.54 Å². The minimum absolute atomic E-state index is 0.115. The van der Waals surface area contributed by atoms with Crippen molar-refractivity contribution < 1.29 is 9.36 Å². The number of carbonyl (C=O) groups excluding carboxylic acids is 1. The third-order valence-electron chi connectivity index (χ3n) is 3.42. The molecule has 0 N–H and O–H groups in total. The van der Waals surface area contributed by atoms with Crippen LogP contribution >= 0.6 is 0 Å². The molecule has 0 unspecified atom stereocenters. The van der Waals surface area contributed by atoms with E-state index in [9.17, 15) is 4.79 Å². The molecule has 0 fully saturated rings. The van der Waals surface area contributed by atoms with Crippen molar-refractivity contribution in [1.82, 2.24) is 0 Å². The summed E-state index contributed by atoms with van der Waals surface area (Å²) in [6, 6.07) is 25.5. The number of benzene rings is 2. The van der Waals surface area contributed by atoms with Gasteiger partial charge < -0.3 is 0 Å². The van der Waals surface area contributed by atoms with Crippen LogP contribution in [0.2, 0.25) is 0 Å². The predicted molar refractivity (Wildman–Crippen MR) is 82.8 cm³/mol. The van der Waals surface area contributed by atoms with E-state index in [4.69, 9.17) is 0 Å². The van der Waals surface area contributed by atoms with E-state index in [0.29, 0.717) is 6.54 Å². The Hall–Kier alpha value is -2.74. The molecule has 1 aromatic heterocycles. The Labute approximate surface area is 124 Å². The number of rotatable bonds is 4. The fraction of sp³-hybridized carbons (Fsp3) is 0.0526. The first kappa shape index (κ1) is 13.3. The van der Waals surface area contributed by atoms with E-state index in [0.717, 1.165) is 16.8 Å². The molecule has 0 bridgehead atoms. The average molecular weight is 274 g/mol. The van der Waals surface area contributed by atoms with Gasteiger partial charge in [0.1, 0.15) is 0 Å². The summed E-state index contributed by atoms with van der Waals surface area (Å²) in [5, 5.41) is 0. The van der Waals surface area contributed by atoms with Crippen molar-refractivity contribution in [2.45, 2.75) is 6.54 Å². The maximum Gasteiger partial charge on any atom is 0.227 e. The zero-order valence-electron chi connectivity index (χ0n) is 11.6. The maximum atomic E-state index is 12.4. The third kappa shape index (κ3) is 3.06. The molecule has 2 nitrogen and oxygen atoms in total. The summed E-state index contributed by atoms with van der Waals surface area (Å²) in [5.74, 6) is 0.115. The first-order valence-corrected chi connectivity index (χ1v) is 6.97. The lowest BCUT2D eigenvalue weighted by molar-refractivity contribution is -0.672. The standard InChI is InChI=1S/C19H16NO/c21-19(17-11-5-2-6-12-17)15-20-14-8-7-13-18(20)16-9-3-1-4-10-16/h1-14H,15H2/q+1. The van der Waals surface area contributed by atoms with E-state index >= 15 is 0 Å². The van der Waals surface area contributed by atoms with Crippen LogP contribution in [0.5, 0.6) is 0 Å². The molecule has 0 spiro atoms. The Bertz CT molecular complexity index is 736. The topological polar surface area (TPSA) is 20.9 Å². The molecule has 0 aliphatic rings. The lowest BCUT2D eigenvalue weighted by atomic mass is 10.1. The first-order chi connectivity index (χ1) is 10.3. The summed E-state index contributed by atoms with van der Waals surface area (Å²) in [5.41, 5.74) is 2.90. The number of hydrogen-bond donors (Lipinski definition) is 0. The Morgan fingerprint density at radius 3 is 2.10 bits per heavy atom. The fourth-order valence-corrected chi connectivity index (χ4v) is 2.36. The van der Waals surface area contributed by atoms with E-state index in [1.807, 2.05) is 77.5 Å². The number of carbonyl (C=O) groups is 1. The van der Waals surface area contributed by atoms with Gasteiger partial charge in [-0.05, 0) is 18.2 Å². The van der Waals surface area contributed by atoms with Gasteiger partial charge >= 0.3 is 0 Å². The molecule has 0 amide bonds. The maximum absolute atomic E-state index is 12.4. The summed E-state index contributed by atoms with van der Waals surface area (Å²) < 4.78 is 1.99. The molecular formula is C19H16NO+. The zero-order chi connectivity index (χ0) is 14.5. The number of nitrogens with zero attached hydrogens (tertiary/aromatic N) is 1. The van der Waals surface area contributed by atoms with Crippen LogP contribution in [0.4, 0.5) is 0 Å². The molecule has 2 heteroatoms. The summed E-state index contributed by atoms with van der Waals surface area (Å²) in [7, 11) is 0. The second-order valence-electron chi connectivity index (χ2n) is 4.87. The second-order valence-corrected chi connectivity index (χ2v) is 4.87. The lowest BCUT2D eigenvalue weighted by Gasteiger charge is -2.03. The molecule has 2 aromatic carbocycles. The van der Waals surface area contributed by atoms with E-state index in [2.05, 4.69) is 12.1 Å². The van der Waals surface area contributed by atoms with Gasteiger partial charge in [0.2, 0.25) is 18.0 Å². The molecule has 3 aromatic rings. The molecule has 0 radical (unpaired) electrons. The van der Waals surface area contributed by atoms with Gasteiger partial charge in [0, 0.05) is 23.3 Å². The monoisotopic (exact) mass is 274 g/mol. The smallest absolute Gasteiger partial charge is 0.227 e. The van der Waals surface area contributed by atoms with Crippen molar-refractivity contribution in [3.8, 4) is 11.3 Å². The summed E-state index contributed by atoms with van der Waals surface area (Å²) in [6.45, 7) is 0.342. The van der Waals surface area contributed by atoms with E-state index in [1.165, 1.54) is 0 Å². The van der Waals surface area contributed by atoms with Crippen LogP contribution in [0.25, 0.3) is 11.3 Å². The Balaban J connectivity index is 1.92. The SMILES string of the molecule is O=C(C[n+]1ccccc1-c1ccccc1)c1ccccc1. The third-order valence-corrected chi connectivity index (χ3v) is 3.42. The lowest BCUT2D eigenvalue weighted by Crippen LogP contribution is -2.39. The predicted octanol–water partition coefficient (Wildman–Crippen LogP) is 3.52. The second kappa shape index (κ2) is 6.14. The molecular weight excluding hydrogens is 258 g/mol. The Kier molecular flexibility index (Phi) is 3.88. The highest BCUT2D eigenvalue weighted by Crippen LogP contribution is 2.14. The van der Waals surface area contributed by atoms with Crippen LogP contribution in [0.1, 0.15) is 10.4 Å². The van der Waals surface area contributed by atoms with Crippen LogP contribution in [0.15, 0.2) is 85.1 Å². The Morgan fingerprint density at radius 1 is 0.762 bits per heavy atom. The fourth-order valence-electron chi connectivity index (χ4n) is 2.36. The summed E-state index contributed by atoms with van der Waals surface area (Å²) in [4.78, 5) is 12.4. The number of ketones is 1. The number of hydrogen-bond acceptors (Lipinski definition) is 1. The summed E-state index contributed by atoms with van der Waals surface area (Å²) in [6.07, 6.45) is 1.95. The van der Waals surface area contributed by atoms with Crippen molar-refractivity contribution in [3.63, 3.8) is 0 Å². The minimum atomic E-state index is 0.115. The highest BCUT2D eigenvalue weighted by Gasteiger charge is 2.16. The van der Waals surface area contributed by atoms with E-state index < -0.39 is 0 Å². The molecule has 0 aliphatic heterocycles. The summed E-state index contributed by atoms with van der Waals surface area (Å²) >= 11 is 0. The van der Waals surface area contributed by atoms with Crippen LogP contribution in [0, 0.1) is 0 Å². The molecule has 21 heavy (non-hydrogen) atoms. The molecule has 0 saturated heterocycles. The first-order valence-electron chi connectivity index (χ1n) is 6.97. The van der Waals surface area contributed by atoms with Crippen LogP contribution in [0.3, 0.4) is 0 Å². The molecule has 0 aliphatic carbocycles. The van der Waals surface area contributed by atoms with Crippen LogP contribution in [-0.4, -0.2) is 5.78 Å². The highest BCUT2D eigenvalue weighted by atomic mass is 16.1. The normalized spacial score (nSPS) is 10.3. The molecule has 0 atom stereocenters. The minimum Gasteiger partial charge on any atom is -0.287 e.